The molecule has 0 radical (unpaired) electrons. The van der Waals surface area contributed by atoms with Crippen molar-refractivity contribution in [2.45, 2.75) is 37.3 Å². The highest BCUT2D eigenvalue weighted by Gasteiger charge is 2.49. The zero-order chi connectivity index (χ0) is 28.6. The molecule has 3 rings (SSSR count). The van der Waals surface area contributed by atoms with E-state index in [1.165, 1.54) is 5.56 Å². The molecular formula is C20H26F6N6O5. The molecular weight excluding hydrogens is 518 g/mol. The first kappa shape index (κ1) is 31.6. The highest BCUT2D eigenvalue weighted by Crippen LogP contribution is 2.33. The second-order valence-corrected chi connectivity index (χ2v) is 8.24. The van der Waals surface area contributed by atoms with E-state index in [2.05, 4.69) is 21.0 Å². The molecule has 0 aliphatic carbocycles. The number of aliphatic carboxylic acids is 2. The maximum Gasteiger partial charge on any atom is 0.490 e. The van der Waals surface area contributed by atoms with Gasteiger partial charge in [0.2, 0.25) is 5.91 Å². The van der Waals surface area contributed by atoms with Gasteiger partial charge in [-0.1, -0.05) is 0 Å². The van der Waals surface area contributed by atoms with Crippen LogP contribution in [0, 0.1) is 11.3 Å². The Labute approximate surface area is 207 Å². The number of likely N-dealkylation sites (tertiary alicyclic amines) is 1. The summed E-state index contributed by atoms with van der Waals surface area (Å²) in [7, 11) is 3.96. The molecule has 208 valence electrons. The van der Waals surface area contributed by atoms with Gasteiger partial charge in [-0.2, -0.15) is 36.7 Å². The summed E-state index contributed by atoms with van der Waals surface area (Å²) in [5, 5.41) is 27.4. The van der Waals surface area contributed by atoms with E-state index in [9.17, 15) is 31.1 Å². The van der Waals surface area contributed by atoms with Crippen LogP contribution < -0.4 is 0 Å². The minimum atomic E-state index is -5.08. The van der Waals surface area contributed by atoms with Crippen molar-refractivity contribution in [2.75, 3.05) is 39.8 Å². The van der Waals surface area contributed by atoms with E-state index in [-0.39, 0.29) is 12.5 Å². The van der Waals surface area contributed by atoms with Crippen molar-refractivity contribution in [1.82, 2.24) is 24.5 Å². The van der Waals surface area contributed by atoms with Gasteiger partial charge in [0.15, 0.2) is 0 Å². The Hall–Kier alpha value is -3.39. The van der Waals surface area contributed by atoms with Crippen LogP contribution in [-0.4, -0.2) is 110 Å². The van der Waals surface area contributed by atoms with Gasteiger partial charge in [-0.15, -0.1) is 0 Å². The third-order valence-electron chi connectivity index (χ3n) is 5.72. The molecule has 0 unspecified atom stereocenters. The predicted molar refractivity (Wildman–Crippen MR) is 113 cm³/mol. The number of piperidine rings is 1. The molecule has 17 heteroatoms. The van der Waals surface area contributed by atoms with Gasteiger partial charge in [-0.25, -0.2) is 9.59 Å². The molecule has 2 N–H and O–H groups in total. The van der Waals surface area contributed by atoms with Crippen LogP contribution in [0.25, 0.3) is 0 Å². The van der Waals surface area contributed by atoms with Gasteiger partial charge in [0.25, 0.3) is 0 Å². The van der Waals surface area contributed by atoms with Gasteiger partial charge in [0.1, 0.15) is 12.1 Å². The standard InChI is InChI=1S/C16H24N6O.2C2HF3O2/c1-19-9-10-22(8-5-17)15(23)16(19)3-6-21(7-4-16)13-14-11-18-20(2)12-14;2*3-2(4,5)1(6)7/h11-12H,3-4,6-10,13H2,1-2H3;2*(H,6,7). The van der Waals surface area contributed by atoms with Crippen molar-refractivity contribution < 1.29 is 50.9 Å². The Morgan fingerprint density at radius 2 is 1.51 bits per heavy atom. The molecule has 1 aromatic heterocycles. The zero-order valence-corrected chi connectivity index (χ0v) is 19.9. The Balaban J connectivity index is 0.000000404. The van der Waals surface area contributed by atoms with Crippen molar-refractivity contribution >= 4 is 17.8 Å². The van der Waals surface area contributed by atoms with E-state index in [1.807, 2.05) is 31.2 Å². The fourth-order valence-corrected chi connectivity index (χ4v) is 3.77. The van der Waals surface area contributed by atoms with Gasteiger partial charge in [-0.05, 0) is 19.9 Å². The van der Waals surface area contributed by atoms with E-state index in [4.69, 9.17) is 25.1 Å². The van der Waals surface area contributed by atoms with Crippen LogP contribution >= 0.6 is 0 Å². The number of nitrogens with zero attached hydrogens (tertiary/aromatic N) is 6. The maximum absolute atomic E-state index is 12.9. The SMILES string of the molecule is CN1CCN(CC#N)C(=O)C12CCN(Cc1cnn(C)c1)CC2.O=C(O)C(F)(F)F.O=C(O)C(F)(F)F. The summed E-state index contributed by atoms with van der Waals surface area (Å²) in [6, 6.07) is 2.12. The predicted octanol–water partition coefficient (Wildman–Crippen LogP) is 1.32. The lowest BCUT2D eigenvalue weighted by Crippen LogP contribution is -2.67. The van der Waals surface area contributed by atoms with Crippen LogP contribution in [0.4, 0.5) is 26.3 Å². The number of aryl methyl sites for hydroxylation is 1. The molecule has 2 fully saturated rings. The molecule has 0 aromatic carbocycles. The van der Waals surface area contributed by atoms with E-state index in [0.29, 0.717) is 6.54 Å². The number of rotatable bonds is 3. The van der Waals surface area contributed by atoms with E-state index >= 15 is 0 Å². The monoisotopic (exact) mass is 544 g/mol. The van der Waals surface area contributed by atoms with Crippen molar-refractivity contribution in [3.05, 3.63) is 18.0 Å². The summed E-state index contributed by atoms with van der Waals surface area (Å²) in [6.07, 6.45) is -4.58. The minimum Gasteiger partial charge on any atom is -0.475 e. The second-order valence-electron chi connectivity index (χ2n) is 8.24. The first-order chi connectivity index (χ1) is 16.9. The average molecular weight is 544 g/mol. The fraction of sp³-hybridized carbons (Fsp3) is 0.650. The summed E-state index contributed by atoms with van der Waals surface area (Å²) >= 11 is 0. The van der Waals surface area contributed by atoms with Crippen molar-refractivity contribution in [2.24, 2.45) is 7.05 Å². The topological polar surface area (TPSA) is 143 Å². The van der Waals surface area contributed by atoms with Gasteiger partial charge in [0, 0.05) is 51.5 Å². The lowest BCUT2D eigenvalue weighted by atomic mass is 9.82. The molecule has 0 bridgehead atoms. The Bertz CT molecular complexity index is 958. The number of carboxylic acid groups (broad SMARTS) is 2. The number of piperazine rings is 1. The molecule has 37 heavy (non-hydrogen) atoms. The van der Waals surface area contributed by atoms with Crippen LogP contribution in [0.3, 0.4) is 0 Å². The number of carboxylic acids is 2. The summed E-state index contributed by atoms with van der Waals surface area (Å²) in [5.74, 6) is -5.38. The molecule has 0 saturated carbocycles. The Morgan fingerprint density at radius 1 is 1.03 bits per heavy atom. The molecule has 2 saturated heterocycles. The van der Waals surface area contributed by atoms with Crippen LogP contribution in [0.1, 0.15) is 18.4 Å². The first-order valence-electron chi connectivity index (χ1n) is 10.6. The number of nitriles is 1. The van der Waals surface area contributed by atoms with E-state index < -0.39 is 29.8 Å². The van der Waals surface area contributed by atoms with Gasteiger partial charge in [0.05, 0.1) is 12.3 Å². The van der Waals surface area contributed by atoms with Gasteiger partial charge < -0.3 is 15.1 Å². The maximum atomic E-state index is 12.9. The summed E-state index contributed by atoms with van der Waals surface area (Å²) < 4.78 is 65.3. The quantitative estimate of drug-likeness (QED) is 0.425. The smallest absolute Gasteiger partial charge is 0.475 e. The highest BCUT2D eigenvalue weighted by atomic mass is 19.4. The van der Waals surface area contributed by atoms with E-state index in [0.717, 1.165) is 39.0 Å². The zero-order valence-electron chi connectivity index (χ0n) is 19.9. The molecule has 1 amide bonds. The molecule has 3 heterocycles. The largest absolute Gasteiger partial charge is 0.490 e. The Morgan fingerprint density at radius 3 is 1.89 bits per heavy atom. The summed E-state index contributed by atoms with van der Waals surface area (Å²) in [4.78, 5) is 37.0. The second kappa shape index (κ2) is 12.7. The van der Waals surface area contributed by atoms with Crippen LogP contribution in [0.15, 0.2) is 12.4 Å². The lowest BCUT2D eigenvalue weighted by molar-refractivity contribution is -0.193. The number of halogens is 6. The number of hydrogen-bond donors (Lipinski definition) is 2. The van der Waals surface area contributed by atoms with Gasteiger partial charge in [-0.3, -0.25) is 19.3 Å². The minimum absolute atomic E-state index is 0.133. The highest BCUT2D eigenvalue weighted by molar-refractivity contribution is 5.87. The molecule has 11 nitrogen and oxygen atoms in total. The first-order valence-corrected chi connectivity index (χ1v) is 10.6. The number of amides is 1. The molecule has 2 aliphatic rings. The molecule has 1 spiro atoms. The number of carbonyl (C=O) groups excluding carboxylic acids is 1. The number of aromatic nitrogens is 2. The van der Waals surface area contributed by atoms with E-state index in [1.54, 1.807) is 4.90 Å². The Kier molecular flexibility index (Phi) is 10.9. The van der Waals surface area contributed by atoms with Gasteiger partial charge >= 0.3 is 24.3 Å². The molecule has 0 atom stereocenters. The third kappa shape index (κ3) is 9.21. The van der Waals surface area contributed by atoms with Crippen molar-refractivity contribution in [1.29, 1.82) is 5.26 Å². The van der Waals surface area contributed by atoms with Crippen molar-refractivity contribution in [3.63, 3.8) is 0 Å². The summed E-state index contributed by atoms with van der Waals surface area (Å²) in [6.45, 7) is 4.37. The van der Waals surface area contributed by atoms with Crippen LogP contribution in [0.2, 0.25) is 0 Å². The third-order valence-corrected chi connectivity index (χ3v) is 5.72. The number of carbonyl (C=O) groups is 3. The average Bonchev–Trinajstić information content (AvgIpc) is 3.19. The normalized spacial score (nSPS) is 18.2. The fourth-order valence-electron chi connectivity index (χ4n) is 3.77. The molecule has 1 aromatic rings. The van der Waals surface area contributed by atoms with Crippen molar-refractivity contribution in [3.8, 4) is 6.07 Å². The number of hydrogen-bond acceptors (Lipinski definition) is 7. The number of likely N-dealkylation sites (N-methyl/N-ethyl adjacent to an activating group) is 1. The van der Waals surface area contributed by atoms with Crippen LogP contribution in [0.5, 0.6) is 0 Å². The number of alkyl halides is 6. The lowest BCUT2D eigenvalue weighted by Gasteiger charge is -2.51. The summed E-state index contributed by atoms with van der Waals surface area (Å²) in [5.41, 5.74) is 0.790. The van der Waals surface area contributed by atoms with Crippen LogP contribution in [-0.2, 0) is 28.0 Å². The molecule has 2 aliphatic heterocycles.